The van der Waals surface area contributed by atoms with Gasteiger partial charge in [0, 0.05) is 30.5 Å². The Bertz CT molecular complexity index is 995. The molecule has 1 amide bonds. The third kappa shape index (κ3) is 2.89. The van der Waals surface area contributed by atoms with E-state index in [2.05, 4.69) is 9.97 Å². The Morgan fingerprint density at radius 3 is 2.93 bits per heavy atom. The number of amides is 1. The summed E-state index contributed by atoms with van der Waals surface area (Å²) in [6.45, 7) is 0.624. The lowest BCUT2D eigenvalue weighted by molar-refractivity contribution is -0.135. The second-order valence-electron chi connectivity index (χ2n) is 7.57. The summed E-state index contributed by atoms with van der Waals surface area (Å²) in [7, 11) is 0. The Balaban J connectivity index is 1.51. The molecule has 0 unspecified atom stereocenters. The summed E-state index contributed by atoms with van der Waals surface area (Å²) in [5, 5.41) is 1.07. The lowest BCUT2D eigenvalue weighted by Gasteiger charge is -2.37. The van der Waals surface area contributed by atoms with Crippen molar-refractivity contribution in [2.75, 3.05) is 6.54 Å². The number of hydrogen-bond acceptors (Lipinski definition) is 3. The fourth-order valence-corrected chi connectivity index (χ4v) is 4.26. The molecule has 2 aromatic heterocycles. The number of carbonyl (C=O) groups excluding carboxylic acids is 1. The summed E-state index contributed by atoms with van der Waals surface area (Å²) in [5.41, 5.74) is 3.66. The van der Waals surface area contributed by atoms with Crippen LogP contribution in [0.5, 0.6) is 0 Å². The highest BCUT2D eigenvalue weighted by Crippen LogP contribution is 2.37. The van der Waals surface area contributed by atoms with Crippen molar-refractivity contribution in [2.45, 2.75) is 37.9 Å². The van der Waals surface area contributed by atoms with Gasteiger partial charge in [-0.25, -0.2) is 9.37 Å². The Kier molecular flexibility index (Phi) is 3.92. The van der Waals surface area contributed by atoms with Crippen LogP contribution in [0.2, 0.25) is 0 Å². The molecule has 5 nitrogen and oxygen atoms in total. The van der Waals surface area contributed by atoms with Crippen LogP contribution in [0.3, 0.4) is 0 Å². The number of aromatic nitrogens is 3. The molecule has 0 spiro atoms. The summed E-state index contributed by atoms with van der Waals surface area (Å²) in [6.07, 6.45) is 3.12. The summed E-state index contributed by atoms with van der Waals surface area (Å²) in [6, 6.07) is 11.7. The van der Waals surface area contributed by atoms with E-state index in [0.717, 1.165) is 34.4 Å². The number of alkyl halides is 1. The number of hydrogen-bond donors (Lipinski definition) is 1. The zero-order valence-electron chi connectivity index (χ0n) is 14.9. The van der Waals surface area contributed by atoms with Crippen LogP contribution in [0, 0.1) is 5.92 Å². The second kappa shape index (κ2) is 6.44. The first kappa shape index (κ1) is 16.4. The number of rotatable bonds is 3. The molecule has 1 fully saturated rings. The number of nitrogens with zero attached hydrogens (tertiary/aromatic N) is 3. The van der Waals surface area contributed by atoms with Crippen molar-refractivity contribution in [1.82, 2.24) is 19.9 Å². The molecule has 1 saturated carbocycles. The van der Waals surface area contributed by atoms with Crippen LogP contribution in [0.15, 0.2) is 42.7 Å². The summed E-state index contributed by atoms with van der Waals surface area (Å²) in [4.78, 5) is 27.4. The maximum Gasteiger partial charge on any atom is 0.223 e. The van der Waals surface area contributed by atoms with Gasteiger partial charge in [0.1, 0.15) is 12.2 Å². The lowest BCUT2D eigenvalue weighted by Crippen LogP contribution is -2.43. The summed E-state index contributed by atoms with van der Waals surface area (Å²) in [5.74, 6) is 0.235. The van der Waals surface area contributed by atoms with Crippen molar-refractivity contribution in [1.29, 1.82) is 0 Å². The van der Waals surface area contributed by atoms with Crippen molar-refractivity contribution in [3.8, 4) is 0 Å². The first-order valence-corrected chi connectivity index (χ1v) is 9.50. The van der Waals surface area contributed by atoms with Gasteiger partial charge in [-0.1, -0.05) is 24.3 Å². The van der Waals surface area contributed by atoms with Gasteiger partial charge in [0.15, 0.2) is 0 Å². The normalized spacial score (nSPS) is 24.5. The maximum atomic E-state index is 13.2. The molecule has 1 aliphatic heterocycles. The summed E-state index contributed by atoms with van der Waals surface area (Å²) >= 11 is 0. The van der Waals surface area contributed by atoms with E-state index in [1.54, 1.807) is 6.33 Å². The minimum atomic E-state index is -0.736. The number of H-pyrrole nitrogens is 1. The molecule has 0 saturated heterocycles. The van der Waals surface area contributed by atoms with Crippen LogP contribution >= 0.6 is 0 Å². The average molecular weight is 364 g/mol. The average Bonchev–Trinajstić information content (AvgIpc) is 3.14. The third-order valence-corrected chi connectivity index (χ3v) is 5.79. The number of benzene rings is 1. The summed E-state index contributed by atoms with van der Waals surface area (Å²) < 4.78 is 13.2. The molecule has 0 bridgehead atoms. The van der Waals surface area contributed by atoms with Crippen LogP contribution in [0.4, 0.5) is 4.39 Å². The first-order chi connectivity index (χ1) is 13.2. The van der Waals surface area contributed by atoms with Crippen molar-refractivity contribution >= 4 is 16.8 Å². The molecular weight excluding hydrogens is 343 g/mol. The van der Waals surface area contributed by atoms with Gasteiger partial charge in [0.25, 0.3) is 0 Å². The number of pyridine rings is 1. The number of aromatic amines is 1. The lowest BCUT2D eigenvalue weighted by atomic mass is 9.80. The monoisotopic (exact) mass is 364 g/mol. The quantitative estimate of drug-likeness (QED) is 0.773. The fraction of sp³-hybridized carbons (Fsp3) is 0.381. The van der Waals surface area contributed by atoms with Crippen LogP contribution in [-0.4, -0.2) is 38.5 Å². The zero-order valence-corrected chi connectivity index (χ0v) is 14.9. The van der Waals surface area contributed by atoms with E-state index in [1.807, 2.05) is 41.3 Å². The van der Waals surface area contributed by atoms with E-state index in [9.17, 15) is 9.18 Å². The smallest absolute Gasteiger partial charge is 0.223 e. The van der Waals surface area contributed by atoms with Crippen LogP contribution in [-0.2, 0) is 11.2 Å². The number of carbonyl (C=O) groups is 1. The molecule has 0 radical (unpaired) electrons. The number of imidazole rings is 1. The zero-order chi connectivity index (χ0) is 18.4. The van der Waals surface area contributed by atoms with Crippen molar-refractivity contribution < 1.29 is 9.18 Å². The van der Waals surface area contributed by atoms with Crippen LogP contribution < -0.4 is 0 Å². The number of halogens is 1. The largest absolute Gasteiger partial charge is 0.348 e. The SMILES string of the molecule is O=C(CC1CC(F)C1)N1CCc2[nH]cnc2[C@H]1c1ccc2ccccc2n1. The molecule has 3 aromatic rings. The van der Waals surface area contributed by atoms with E-state index in [0.29, 0.717) is 25.8 Å². The molecule has 1 N–H and O–H groups in total. The fourth-order valence-electron chi connectivity index (χ4n) is 4.26. The van der Waals surface area contributed by atoms with Crippen LogP contribution in [0.25, 0.3) is 10.9 Å². The van der Waals surface area contributed by atoms with E-state index in [-0.39, 0.29) is 17.9 Å². The molecule has 1 atom stereocenters. The Morgan fingerprint density at radius 2 is 2.07 bits per heavy atom. The Morgan fingerprint density at radius 1 is 1.22 bits per heavy atom. The standard InChI is InChI=1S/C21H21FN4O/c22-15-9-13(10-15)11-19(27)26-8-7-17-20(24-12-23-17)21(26)18-6-5-14-3-1-2-4-16(14)25-18/h1-6,12-13,15,21H,7-11H2,(H,23,24)/t13?,15?,21-/m1/s1. The van der Waals surface area contributed by atoms with Crippen molar-refractivity contribution in [3.63, 3.8) is 0 Å². The van der Waals surface area contributed by atoms with Gasteiger partial charge in [-0.15, -0.1) is 0 Å². The van der Waals surface area contributed by atoms with Crippen molar-refractivity contribution in [3.05, 3.63) is 59.8 Å². The number of para-hydroxylation sites is 1. The second-order valence-corrected chi connectivity index (χ2v) is 7.57. The van der Waals surface area contributed by atoms with Crippen molar-refractivity contribution in [2.24, 2.45) is 5.92 Å². The van der Waals surface area contributed by atoms with Gasteiger partial charge in [0.05, 0.1) is 23.2 Å². The van der Waals surface area contributed by atoms with Gasteiger partial charge in [-0.2, -0.15) is 0 Å². The third-order valence-electron chi connectivity index (χ3n) is 5.79. The number of nitrogens with one attached hydrogen (secondary N) is 1. The molecule has 3 heterocycles. The van der Waals surface area contributed by atoms with E-state index in [4.69, 9.17) is 4.98 Å². The number of fused-ring (bicyclic) bond motifs is 2. The molecule has 27 heavy (non-hydrogen) atoms. The van der Waals surface area contributed by atoms with Gasteiger partial charge in [-0.05, 0) is 30.9 Å². The van der Waals surface area contributed by atoms with E-state index < -0.39 is 6.17 Å². The minimum Gasteiger partial charge on any atom is -0.348 e. The predicted octanol–water partition coefficient (Wildman–Crippen LogP) is 3.57. The molecule has 6 heteroatoms. The highest BCUT2D eigenvalue weighted by atomic mass is 19.1. The topological polar surface area (TPSA) is 61.9 Å². The highest BCUT2D eigenvalue weighted by molar-refractivity contribution is 5.80. The van der Waals surface area contributed by atoms with Gasteiger partial charge in [-0.3, -0.25) is 9.78 Å². The molecule has 5 rings (SSSR count). The molecule has 138 valence electrons. The molecular formula is C21H21FN4O. The Labute approximate surface area is 156 Å². The van der Waals surface area contributed by atoms with Gasteiger partial charge in [0.2, 0.25) is 5.91 Å². The Hall–Kier alpha value is -2.76. The maximum absolute atomic E-state index is 13.2. The van der Waals surface area contributed by atoms with E-state index in [1.165, 1.54) is 0 Å². The molecule has 1 aliphatic carbocycles. The molecule has 2 aliphatic rings. The predicted molar refractivity (Wildman–Crippen MR) is 99.8 cm³/mol. The van der Waals surface area contributed by atoms with Gasteiger partial charge < -0.3 is 9.88 Å². The molecule has 1 aromatic carbocycles. The first-order valence-electron chi connectivity index (χ1n) is 9.50. The van der Waals surface area contributed by atoms with Gasteiger partial charge >= 0.3 is 0 Å². The minimum absolute atomic E-state index is 0.0699. The van der Waals surface area contributed by atoms with Crippen LogP contribution in [0.1, 0.15) is 42.4 Å². The van der Waals surface area contributed by atoms with E-state index >= 15 is 0 Å². The highest BCUT2D eigenvalue weighted by Gasteiger charge is 2.38.